The molecule has 0 saturated carbocycles. The first-order chi connectivity index (χ1) is 11.2. The molecule has 0 saturated heterocycles. The molecule has 122 valence electrons. The van der Waals surface area contributed by atoms with E-state index in [0.717, 1.165) is 30.7 Å². The fourth-order valence-electron chi connectivity index (χ4n) is 2.02. The van der Waals surface area contributed by atoms with Gasteiger partial charge in [0.15, 0.2) is 0 Å². The zero-order valence-electron chi connectivity index (χ0n) is 13.5. The fraction of sp³-hybridized carbons (Fsp3) is 0.353. The van der Waals surface area contributed by atoms with E-state index < -0.39 is 0 Å². The molecule has 6 nitrogen and oxygen atoms in total. The Balaban J connectivity index is 1.92. The zero-order valence-corrected chi connectivity index (χ0v) is 13.5. The van der Waals surface area contributed by atoms with Crippen molar-refractivity contribution in [3.05, 3.63) is 42.2 Å². The molecule has 0 aliphatic carbocycles. The molecular weight excluding hydrogens is 292 g/mol. The predicted molar refractivity (Wildman–Crippen MR) is 90.2 cm³/mol. The maximum absolute atomic E-state index is 11.9. The van der Waals surface area contributed by atoms with Gasteiger partial charge in [0.1, 0.15) is 5.75 Å². The predicted octanol–water partition coefficient (Wildman–Crippen LogP) is 3.15. The van der Waals surface area contributed by atoms with Gasteiger partial charge in [0.2, 0.25) is 5.95 Å². The van der Waals surface area contributed by atoms with Crippen LogP contribution in [0.3, 0.4) is 0 Å². The van der Waals surface area contributed by atoms with Crippen molar-refractivity contribution in [1.82, 2.24) is 15.3 Å². The zero-order chi connectivity index (χ0) is 16.5. The number of nitrogens with one attached hydrogen (secondary N) is 2. The number of ether oxygens (including phenoxy) is 1. The first-order valence-corrected chi connectivity index (χ1v) is 7.74. The van der Waals surface area contributed by atoms with Crippen molar-refractivity contribution in [2.75, 3.05) is 19.0 Å². The summed E-state index contributed by atoms with van der Waals surface area (Å²) in [4.78, 5) is 20.3. The number of amides is 1. The molecule has 0 unspecified atom stereocenters. The van der Waals surface area contributed by atoms with Gasteiger partial charge >= 0.3 is 0 Å². The van der Waals surface area contributed by atoms with Crippen LogP contribution in [0.2, 0.25) is 0 Å². The maximum atomic E-state index is 11.9. The molecule has 2 N–H and O–H groups in total. The Bertz CT molecular complexity index is 629. The number of unbranched alkanes of at least 4 members (excludes halogenated alkanes) is 2. The van der Waals surface area contributed by atoms with E-state index in [1.165, 1.54) is 12.4 Å². The lowest BCUT2D eigenvalue weighted by atomic mass is 10.2. The van der Waals surface area contributed by atoms with Crippen molar-refractivity contribution < 1.29 is 9.53 Å². The molecule has 2 rings (SSSR count). The molecule has 1 aromatic heterocycles. The van der Waals surface area contributed by atoms with Crippen LogP contribution in [0.1, 0.15) is 36.5 Å². The Kier molecular flexibility index (Phi) is 6.35. The van der Waals surface area contributed by atoms with Gasteiger partial charge in [-0.25, -0.2) is 9.97 Å². The van der Waals surface area contributed by atoms with Gasteiger partial charge in [-0.15, -0.1) is 0 Å². The first kappa shape index (κ1) is 16.7. The van der Waals surface area contributed by atoms with Gasteiger partial charge < -0.3 is 15.4 Å². The van der Waals surface area contributed by atoms with Crippen LogP contribution in [0, 0.1) is 0 Å². The number of aromatic nitrogens is 2. The summed E-state index contributed by atoms with van der Waals surface area (Å²) >= 11 is 0. The number of hydrogen-bond donors (Lipinski definition) is 2. The molecule has 6 heteroatoms. The van der Waals surface area contributed by atoms with E-state index in [0.29, 0.717) is 18.1 Å². The molecule has 0 bridgehead atoms. The highest BCUT2D eigenvalue weighted by Gasteiger charge is 2.06. The quantitative estimate of drug-likeness (QED) is 0.732. The van der Waals surface area contributed by atoms with Gasteiger partial charge in [0.25, 0.3) is 5.91 Å². The van der Waals surface area contributed by atoms with E-state index in [2.05, 4.69) is 27.5 Å². The lowest BCUT2D eigenvalue weighted by Gasteiger charge is -2.07. The summed E-state index contributed by atoms with van der Waals surface area (Å²) in [7, 11) is 1.61. The molecule has 0 aliphatic rings. The van der Waals surface area contributed by atoms with E-state index >= 15 is 0 Å². The Hall–Kier alpha value is -2.63. The summed E-state index contributed by atoms with van der Waals surface area (Å²) in [5.41, 5.74) is 1.28. The molecule has 1 amide bonds. The third-order valence-electron chi connectivity index (χ3n) is 3.31. The standard InChI is InChI=1S/C17H22N4O2/c1-3-4-5-9-18-16(22)13-11-19-17(20-12-13)21-14-7-6-8-15(10-14)23-2/h6-8,10-12H,3-5,9H2,1-2H3,(H,18,22)(H,19,20,21). The van der Waals surface area contributed by atoms with Gasteiger partial charge in [-0.1, -0.05) is 25.8 Å². The summed E-state index contributed by atoms with van der Waals surface area (Å²) in [6.07, 6.45) is 6.26. The summed E-state index contributed by atoms with van der Waals surface area (Å²) in [6.45, 7) is 2.81. The summed E-state index contributed by atoms with van der Waals surface area (Å²) in [5, 5.41) is 5.93. The topological polar surface area (TPSA) is 76.1 Å². The number of benzene rings is 1. The molecule has 2 aromatic rings. The second kappa shape index (κ2) is 8.73. The van der Waals surface area contributed by atoms with E-state index in [-0.39, 0.29) is 5.91 Å². The minimum absolute atomic E-state index is 0.144. The Morgan fingerprint density at radius 2 is 2.00 bits per heavy atom. The van der Waals surface area contributed by atoms with Crippen LogP contribution in [0.4, 0.5) is 11.6 Å². The van der Waals surface area contributed by atoms with E-state index in [4.69, 9.17) is 4.74 Å². The van der Waals surface area contributed by atoms with Crippen LogP contribution in [0.5, 0.6) is 5.75 Å². The van der Waals surface area contributed by atoms with Crippen molar-refractivity contribution in [3.8, 4) is 5.75 Å². The third-order valence-corrected chi connectivity index (χ3v) is 3.31. The average Bonchev–Trinajstić information content (AvgIpc) is 2.59. The molecule has 0 radical (unpaired) electrons. The summed E-state index contributed by atoms with van der Waals surface area (Å²) in [6, 6.07) is 7.47. The summed E-state index contributed by atoms with van der Waals surface area (Å²) in [5.74, 6) is 1.04. The minimum Gasteiger partial charge on any atom is -0.497 e. The molecule has 1 heterocycles. The number of hydrogen-bond acceptors (Lipinski definition) is 5. The lowest BCUT2D eigenvalue weighted by Crippen LogP contribution is -2.24. The van der Waals surface area contributed by atoms with E-state index in [1.807, 2.05) is 24.3 Å². The van der Waals surface area contributed by atoms with Crippen LogP contribution in [-0.2, 0) is 0 Å². The van der Waals surface area contributed by atoms with Crippen molar-refractivity contribution in [2.45, 2.75) is 26.2 Å². The van der Waals surface area contributed by atoms with Gasteiger partial charge in [-0.05, 0) is 18.6 Å². The molecule has 0 aliphatic heterocycles. The first-order valence-electron chi connectivity index (χ1n) is 7.74. The number of carbonyl (C=O) groups is 1. The third kappa shape index (κ3) is 5.25. The van der Waals surface area contributed by atoms with E-state index in [9.17, 15) is 4.79 Å². The van der Waals surface area contributed by atoms with Gasteiger partial charge in [-0.3, -0.25) is 4.79 Å². The maximum Gasteiger partial charge on any atom is 0.254 e. The minimum atomic E-state index is -0.144. The number of rotatable bonds is 8. The normalized spacial score (nSPS) is 10.2. The molecule has 0 fully saturated rings. The Labute approximate surface area is 136 Å². The van der Waals surface area contributed by atoms with Gasteiger partial charge in [0, 0.05) is 30.7 Å². The van der Waals surface area contributed by atoms with Crippen LogP contribution in [-0.4, -0.2) is 29.5 Å². The average molecular weight is 314 g/mol. The van der Waals surface area contributed by atoms with Crippen molar-refractivity contribution >= 4 is 17.5 Å². The van der Waals surface area contributed by atoms with Gasteiger partial charge in [-0.2, -0.15) is 0 Å². The molecule has 0 atom stereocenters. The highest BCUT2D eigenvalue weighted by Crippen LogP contribution is 2.19. The fourth-order valence-corrected chi connectivity index (χ4v) is 2.02. The molecule has 0 spiro atoms. The van der Waals surface area contributed by atoms with Crippen LogP contribution < -0.4 is 15.4 Å². The number of carbonyl (C=O) groups excluding carboxylic acids is 1. The molecule has 23 heavy (non-hydrogen) atoms. The van der Waals surface area contributed by atoms with Crippen molar-refractivity contribution in [1.29, 1.82) is 0 Å². The second-order valence-electron chi connectivity index (χ2n) is 5.12. The van der Waals surface area contributed by atoms with Crippen LogP contribution >= 0.6 is 0 Å². The SMILES string of the molecule is CCCCCNC(=O)c1cnc(Nc2cccc(OC)c2)nc1. The highest BCUT2D eigenvalue weighted by molar-refractivity contribution is 5.93. The van der Waals surface area contributed by atoms with Crippen molar-refractivity contribution in [3.63, 3.8) is 0 Å². The number of anilines is 2. The highest BCUT2D eigenvalue weighted by atomic mass is 16.5. The van der Waals surface area contributed by atoms with Crippen LogP contribution in [0.15, 0.2) is 36.7 Å². The molecular formula is C17H22N4O2. The smallest absolute Gasteiger partial charge is 0.254 e. The Morgan fingerprint density at radius 1 is 1.22 bits per heavy atom. The monoisotopic (exact) mass is 314 g/mol. The summed E-state index contributed by atoms with van der Waals surface area (Å²) < 4.78 is 5.16. The van der Waals surface area contributed by atoms with E-state index in [1.54, 1.807) is 7.11 Å². The van der Waals surface area contributed by atoms with Crippen molar-refractivity contribution in [2.24, 2.45) is 0 Å². The lowest BCUT2D eigenvalue weighted by molar-refractivity contribution is 0.0952. The Morgan fingerprint density at radius 3 is 2.70 bits per heavy atom. The van der Waals surface area contributed by atoms with Gasteiger partial charge in [0.05, 0.1) is 12.7 Å². The number of nitrogens with zero attached hydrogens (tertiary/aromatic N) is 2. The largest absolute Gasteiger partial charge is 0.497 e. The number of methoxy groups -OCH3 is 1. The molecule has 1 aromatic carbocycles. The second-order valence-corrected chi connectivity index (χ2v) is 5.12. The van der Waals surface area contributed by atoms with Crippen LogP contribution in [0.25, 0.3) is 0 Å².